The first kappa shape index (κ1) is 17.9. The molecular weight excluding hydrogens is 312 g/mol. The van der Waals surface area contributed by atoms with Gasteiger partial charge in [-0.25, -0.2) is 4.79 Å². The van der Waals surface area contributed by atoms with Crippen molar-refractivity contribution in [1.82, 2.24) is 0 Å². The van der Waals surface area contributed by atoms with Gasteiger partial charge in [0.2, 0.25) is 0 Å². The second-order valence-electron chi connectivity index (χ2n) is 6.12. The van der Waals surface area contributed by atoms with Gasteiger partial charge in [-0.2, -0.15) is 0 Å². The highest BCUT2D eigenvalue weighted by Gasteiger charge is 2.44. The third-order valence-electron chi connectivity index (χ3n) is 4.63. The Labute approximate surface area is 143 Å². The summed E-state index contributed by atoms with van der Waals surface area (Å²) in [6, 6.07) is 5.47. The summed E-state index contributed by atoms with van der Waals surface area (Å²) in [6.07, 6.45) is 4.99. The molecule has 1 aliphatic heterocycles. The van der Waals surface area contributed by atoms with Crippen LogP contribution in [0.3, 0.4) is 0 Å². The van der Waals surface area contributed by atoms with Crippen molar-refractivity contribution in [2.75, 3.05) is 6.61 Å². The molecule has 4 heteroatoms. The van der Waals surface area contributed by atoms with Crippen molar-refractivity contribution in [1.29, 1.82) is 0 Å². The molecule has 0 saturated heterocycles. The molecule has 3 rings (SSSR count). The maximum atomic E-state index is 12.2. The van der Waals surface area contributed by atoms with Crippen LogP contribution in [-0.2, 0) is 9.53 Å². The topological polar surface area (TPSA) is 46.5 Å². The highest BCUT2D eigenvalue weighted by molar-refractivity contribution is 6.34. The maximum Gasteiger partial charge on any atom is 0.342 e. The van der Waals surface area contributed by atoms with Crippen LogP contribution in [0.2, 0.25) is 5.02 Å². The van der Waals surface area contributed by atoms with E-state index >= 15 is 0 Å². The van der Waals surface area contributed by atoms with E-state index in [-0.39, 0.29) is 17.9 Å². The SMILES string of the molecule is CC.Cc1ccc(C2=C(O)C3(CCCCC3)COC2=O)c(Cl)c1. The van der Waals surface area contributed by atoms with E-state index < -0.39 is 11.4 Å². The van der Waals surface area contributed by atoms with Crippen molar-refractivity contribution >= 4 is 23.1 Å². The lowest BCUT2D eigenvalue weighted by atomic mass is 9.70. The first-order valence-electron chi connectivity index (χ1n) is 8.41. The molecule has 0 aromatic heterocycles. The molecule has 1 N–H and O–H groups in total. The van der Waals surface area contributed by atoms with Gasteiger partial charge < -0.3 is 9.84 Å². The number of carbonyl (C=O) groups excluding carboxylic acids is 1. The number of halogens is 1. The van der Waals surface area contributed by atoms with Gasteiger partial charge in [0.25, 0.3) is 0 Å². The lowest BCUT2D eigenvalue weighted by molar-refractivity contribution is -0.143. The molecule has 23 heavy (non-hydrogen) atoms. The van der Waals surface area contributed by atoms with Crippen molar-refractivity contribution in [2.24, 2.45) is 5.41 Å². The van der Waals surface area contributed by atoms with Gasteiger partial charge in [-0.1, -0.05) is 56.8 Å². The summed E-state index contributed by atoms with van der Waals surface area (Å²) in [5.41, 5.74) is 1.42. The van der Waals surface area contributed by atoms with E-state index in [0.29, 0.717) is 10.6 Å². The molecule has 0 amide bonds. The minimum atomic E-state index is -0.477. The van der Waals surface area contributed by atoms with E-state index in [2.05, 4.69) is 0 Å². The van der Waals surface area contributed by atoms with E-state index in [1.54, 1.807) is 12.1 Å². The normalized spacial score (nSPS) is 19.9. The van der Waals surface area contributed by atoms with Crippen LogP contribution in [0, 0.1) is 12.3 Å². The molecule has 1 aliphatic carbocycles. The van der Waals surface area contributed by atoms with Gasteiger partial charge >= 0.3 is 5.97 Å². The Balaban J connectivity index is 0.000000924. The lowest BCUT2D eigenvalue weighted by Gasteiger charge is -2.39. The fourth-order valence-corrected chi connectivity index (χ4v) is 3.71. The number of rotatable bonds is 1. The third-order valence-corrected chi connectivity index (χ3v) is 4.94. The minimum Gasteiger partial charge on any atom is -0.511 e. The van der Waals surface area contributed by atoms with Gasteiger partial charge in [0.15, 0.2) is 0 Å². The standard InChI is InChI=1S/C17H19ClO3.C2H6/c1-11-5-6-12(13(18)9-11)14-15(19)17(10-21-16(14)20)7-3-2-4-8-17;1-2/h5-6,9,19H,2-4,7-8,10H2,1H3;1-2H3. The van der Waals surface area contributed by atoms with Crippen LogP contribution in [0.25, 0.3) is 5.57 Å². The van der Waals surface area contributed by atoms with E-state index in [4.69, 9.17) is 16.3 Å². The zero-order chi connectivity index (χ0) is 17.0. The monoisotopic (exact) mass is 336 g/mol. The number of aliphatic hydroxyl groups excluding tert-OH is 1. The number of aliphatic hydroxyl groups is 1. The lowest BCUT2D eigenvalue weighted by Crippen LogP contribution is -2.38. The number of hydrogen-bond donors (Lipinski definition) is 1. The van der Waals surface area contributed by atoms with Gasteiger partial charge in [0.05, 0.1) is 5.41 Å². The molecular formula is C19H25ClO3. The summed E-state index contributed by atoms with van der Waals surface area (Å²) in [7, 11) is 0. The molecule has 3 nitrogen and oxygen atoms in total. The number of aryl methyl sites for hydroxylation is 1. The Morgan fingerprint density at radius 2 is 1.83 bits per heavy atom. The zero-order valence-electron chi connectivity index (χ0n) is 14.1. The Hall–Kier alpha value is -1.48. The van der Waals surface area contributed by atoms with Crippen LogP contribution in [0.15, 0.2) is 24.0 Å². The van der Waals surface area contributed by atoms with Crippen LogP contribution in [0.1, 0.15) is 57.1 Å². The molecule has 1 aromatic carbocycles. The van der Waals surface area contributed by atoms with Crippen molar-refractivity contribution in [3.05, 3.63) is 40.1 Å². The van der Waals surface area contributed by atoms with Crippen molar-refractivity contribution in [3.63, 3.8) is 0 Å². The fourth-order valence-electron chi connectivity index (χ4n) is 3.38. The average molecular weight is 337 g/mol. The first-order chi connectivity index (χ1) is 11.0. The molecule has 0 radical (unpaired) electrons. The second-order valence-corrected chi connectivity index (χ2v) is 6.53. The number of carbonyl (C=O) groups is 1. The number of cyclic esters (lactones) is 1. The maximum absolute atomic E-state index is 12.2. The number of esters is 1. The first-order valence-corrected chi connectivity index (χ1v) is 8.79. The summed E-state index contributed by atoms with van der Waals surface area (Å²) in [5, 5.41) is 11.3. The molecule has 0 atom stereocenters. The molecule has 1 aromatic rings. The van der Waals surface area contributed by atoms with Crippen LogP contribution >= 0.6 is 11.6 Å². The molecule has 1 saturated carbocycles. The van der Waals surface area contributed by atoms with E-state index in [1.807, 2.05) is 26.8 Å². The quantitative estimate of drug-likeness (QED) is 0.693. The Morgan fingerprint density at radius 3 is 2.43 bits per heavy atom. The number of hydrogen-bond acceptors (Lipinski definition) is 3. The molecule has 2 aliphatic rings. The summed E-state index contributed by atoms with van der Waals surface area (Å²) in [5.74, 6) is -0.307. The largest absolute Gasteiger partial charge is 0.511 e. The average Bonchev–Trinajstić information content (AvgIpc) is 2.56. The highest BCUT2D eigenvalue weighted by atomic mass is 35.5. The number of ether oxygens (including phenoxy) is 1. The van der Waals surface area contributed by atoms with Gasteiger partial charge in [-0.15, -0.1) is 0 Å². The molecule has 1 heterocycles. The van der Waals surface area contributed by atoms with E-state index in [0.717, 1.165) is 31.2 Å². The Morgan fingerprint density at radius 1 is 1.17 bits per heavy atom. The third kappa shape index (κ3) is 3.40. The highest BCUT2D eigenvalue weighted by Crippen LogP contribution is 2.47. The van der Waals surface area contributed by atoms with Gasteiger partial charge in [-0.05, 0) is 31.4 Å². The Bertz CT molecular complexity index is 613. The summed E-state index contributed by atoms with van der Waals surface area (Å²) >= 11 is 6.27. The molecule has 1 spiro atoms. The zero-order valence-corrected chi connectivity index (χ0v) is 14.9. The molecule has 1 fully saturated rings. The van der Waals surface area contributed by atoms with Crippen LogP contribution in [0.5, 0.6) is 0 Å². The summed E-state index contributed by atoms with van der Waals surface area (Å²) < 4.78 is 5.38. The molecule has 0 bridgehead atoms. The second kappa shape index (κ2) is 7.39. The van der Waals surface area contributed by atoms with Gasteiger partial charge in [0, 0.05) is 10.6 Å². The van der Waals surface area contributed by atoms with Crippen molar-refractivity contribution in [3.8, 4) is 0 Å². The van der Waals surface area contributed by atoms with Crippen LogP contribution in [0.4, 0.5) is 0 Å². The predicted molar refractivity (Wildman–Crippen MR) is 93.6 cm³/mol. The van der Waals surface area contributed by atoms with E-state index in [1.165, 1.54) is 6.42 Å². The van der Waals surface area contributed by atoms with Gasteiger partial charge in [0.1, 0.15) is 17.9 Å². The molecule has 0 unspecified atom stereocenters. The van der Waals surface area contributed by atoms with Crippen LogP contribution in [-0.4, -0.2) is 17.7 Å². The molecule has 126 valence electrons. The minimum absolute atomic E-state index is 0.171. The van der Waals surface area contributed by atoms with Crippen molar-refractivity contribution < 1.29 is 14.6 Å². The van der Waals surface area contributed by atoms with Crippen LogP contribution < -0.4 is 0 Å². The fraction of sp³-hybridized carbons (Fsp3) is 0.526. The van der Waals surface area contributed by atoms with Crippen molar-refractivity contribution in [2.45, 2.75) is 52.9 Å². The Kier molecular flexibility index (Phi) is 5.74. The smallest absolute Gasteiger partial charge is 0.342 e. The predicted octanol–water partition coefficient (Wildman–Crippen LogP) is 5.45. The van der Waals surface area contributed by atoms with Gasteiger partial charge in [-0.3, -0.25) is 0 Å². The summed E-state index contributed by atoms with van der Waals surface area (Å²) in [6.45, 7) is 6.22. The van der Waals surface area contributed by atoms with E-state index in [9.17, 15) is 9.90 Å². The summed E-state index contributed by atoms with van der Waals surface area (Å²) in [4.78, 5) is 12.2. The number of benzene rings is 1.